The number of anilines is 1. The van der Waals surface area contributed by atoms with E-state index in [1.54, 1.807) is 4.90 Å². The van der Waals surface area contributed by atoms with E-state index in [2.05, 4.69) is 53.4 Å². The predicted molar refractivity (Wildman–Crippen MR) is 124 cm³/mol. The molecule has 0 bridgehead atoms. The van der Waals surface area contributed by atoms with Crippen LogP contribution < -0.4 is 4.90 Å². The average Bonchev–Trinajstić information content (AvgIpc) is 2.95. The van der Waals surface area contributed by atoms with Gasteiger partial charge in [0.1, 0.15) is 11.4 Å². The third-order valence-electron chi connectivity index (χ3n) is 4.86. The van der Waals surface area contributed by atoms with Gasteiger partial charge < -0.3 is 14.5 Å². The molecule has 1 aromatic carbocycles. The monoisotopic (exact) mass is 580 g/mol. The number of nitrogens with zero attached hydrogens (tertiary/aromatic N) is 4. The summed E-state index contributed by atoms with van der Waals surface area (Å²) in [5.41, 5.74) is 0.269. The fourth-order valence-electron chi connectivity index (χ4n) is 3.53. The zero-order valence-electron chi connectivity index (χ0n) is 16.5. The molecule has 0 spiro atoms. The van der Waals surface area contributed by atoms with Crippen LogP contribution in [0, 0.1) is 3.57 Å². The molecule has 1 aromatic heterocycles. The zero-order chi connectivity index (χ0) is 20.8. The lowest BCUT2D eigenvalue weighted by atomic mass is 10.1. The van der Waals surface area contributed by atoms with Gasteiger partial charge in [-0.1, -0.05) is 0 Å². The van der Waals surface area contributed by atoms with Crippen LogP contribution in [0.5, 0.6) is 0 Å². The van der Waals surface area contributed by atoms with Crippen molar-refractivity contribution in [3.05, 3.63) is 25.5 Å². The van der Waals surface area contributed by atoms with Crippen LogP contribution in [-0.4, -0.2) is 52.2 Å². The molecule has 6 nitrogen and oxygen atoms in total. The van der Waals surface area contributed by atoms with E-state index in [1.165, 1.54) is 0 Å². The number of likely N-dealkylation sites (N-methyl/N-ethyl adjacent to an activating group) is 1. The van der Waals surface area contributed by atoms with Gasteiger partial charge in [0.15, 0.2) is 0 Å². The molecule has 2 aromatic rings. The quantitative estimate of drug-likeness (QED) is 0.347. The first kappa shape index (κ1) is 21.8. The molecule has 3 rings (SSSR count). The van der Waals surface area contributed by atoms with Crippen LogP contribution in [0.3, 0.4) is 0 Å². The zero-order valence-corrected chi connectivity index (χ0v) is 21.0. The van der Waals surface area contributed by atoms with Crippen molar-refractivity contribution in [1.82, 2.24) is 14.9 Å². The number of rotatable bonds is 2. The Hall–Kier alpha value is -0.870. The largest absolute Gasteiger partial charge is 0.444 e. The van der Waals surface area contributed by atoms with E-state index < -0.39 is 5.60 Å². The molecule has 9 heteroatoms. The van der Waals surface area contributed by atoms with Crippen LogP contribution in [0.15, 0.2) is 16.6 Å². The first-order chi connectivity index (χ1) is 13.0. The second-order valence-corrected chi connectivity index (χ2v) is 10.3. The Morgan fingerprint density at radius 3 is 2.71 bits per heavy atom. The lowest BCUT2D eigenvalue weighted by molar-refractivity contribution is 0.0233. The Kier molecular flexibility index (Phi) is 6.32. The highest BCUT2D eigenvalue weighted by atomic mass is 127. The Morgan fingerprint density at radius 2 is 2.07 bits per heavy atom. The maximum absolute atomic E-state index is 12.6. The van der Waals surface area contributed by atoms with E-state index in [4.69, 9.17) is 16.3 Å². The van der Waals surface area contributed by atoms with Crippen LogP contribution >= 0.6 is 50.1 Å². The van der Waals surface area contributed by atoms with Gasteiger partial charge in [0.05, 0.1) is 17.6 Å². The van der Waals surface area contributed by atoms with Crippen molar-refractivity contribution >= 4 is 72.9 Å². The third-order valence-corrected chi connectivity index (χ3v) is 7.32. The van der Waals surface area contributed by atoms with E-state index in [1.807, 2.05) is 46.9 Å². The maximum Gasteiger partial charge on any atom is 0.410 e. The first-order valence-electron chi connectivity index (χ1n) is 9.02. The number of aromatic nitrogens is 2. The van der Waals surface area contributed by atoms with Crippen molar-refractivity contribution in [2.45, 2.75) is 51.8 Å². The van der Waals surface area contributed by atoms with E-state index >= 15 is 0 Å². The van der Waals surface area contributed by atoms with Crippen molar-refractivity contribution < 1.29 is 9.53 Å². The van der Waals surface area contributed by atoms with Crippen molar-refractivity contribution in [1.29, 1.82) is 0 Å². The molecule has 1 amide bonds. The lowest BCUT2D eigenvalue weighted by Crippen LogP contribution is -2.45. The fourth-order valence-corrected chi connectivity index (χ4v) is 4.49. The highest BCUT2D eigenvalue weighted by Crippen LogP contribution is 2.34. The summed E-state index contributed by atoms with van der Waals surface area (Å²) >= 11 is 12.0. The second-order valence-electron chi connectivity index (χ2n) is 7.98. The second kappa shape index (κ2) is 8.10. The molecule has 0 N–H and O–H groups in total. The molecule has 152 valence electrons. The summed E-state index contributed by atoms with van der Waals surface area (Å²) in [6.45, 7) is 8.33. The topological polar surface area (TPSA) is 58.6 Å². The fraction of sp³-hybridized carbons (Fsp3) is 0.526. The number of hydrogen-bond acceptors (Lipinski definition) is 5. The van der Waals surface area contributed by atoms with Crippen LogP contribution in [-0.2, 0) is 4.74 Å². The minimum atomic E-state index is -0.513. The van der Waals surface area contributed by atoms with Crippen LogP contribution in [0.4, 0.5) is 10.6 Å². The highest BCUT2D eigenvalue weighted by Gasteiger charge is 2.39. The number of likely N-dealkylation sites (tertiary alicyclic amines) is 1. The summed E-state index contributed by atoms with van der Waals surface area (Å²) in [5.74, 6) is 0.767. The molecular weight excluding hydrogens is 558 g/mol. The maximum atomic E-state index is 12.6. The number of benzene rings is 1. The van der Waals surface area contributed by atoms with Gasteiger partial charge in [0, 0.05) is 27.0 Å². The minimum Gasteiger partial charge on any atom is -0.444 e. The molecule has 0 saturated carbocycles. The van der Waals surface area contributed by atoms with E-state index in [0.717, 1.165) is 31.2 Å². The van der Waals surface area contributed by atoms with Crippen molar-refractivity contribution in [2.75, 3.05) is 18.5 Å². The first-order valence-corrected chi connectivity index (χ1v) is 11.3. The third kappa shape index (κ3) is 4.48. The highest BCUT2D eigenvalue weighted by molar-refractivity contribution is 14.1. The van der Waals surface area contributed by atoms with Crippen LogP contribution in [0.25, 0.3) is 10.9 Å². The SMILES string of the molecule is C[C@@H]1C(N(C)c2nc(Cl)nc3cc(Br)c(I)cc23)CCN1C(=O)OC(C)(C)C. The molecule has 1 aliphatic heterocycles. The summed E-state index contributed by atoms with van der Waals surface area (Å²) in [5, 5.41) is 1.14. The smallest absolute Gasteiger partial charge is 0.410 e. The van der Waals surface area contributed by atoms with Gasteiger partial charge in [-0.15, -0.1) is 0 Å². The number of carbonyl (C=O) groups is 1. The number of ether oxygens (including phenoxy) is 1. The van der Waals surface area contributed by atoms with Gasteiger partial charge in [-0.2, -0.15) is 4.98 Å². The molecule has 28 heavy (non-hydrogen) atoms. The van der Waals surface area contributed by atoms with Gasteiger partial charge in [0.25, 0.3) is 0 Å². The molecule has 0 radical (unpaired) electrons. The molecule has 2 atom stereocenters. The van der Waals surface area contributed by atoms with Gasteiger partial charge >= 0.3 is 6.09 Å². The average molecular weight is 582 g/mol. The van der Waals surface area contributed by atoms with Gasteiger partial charge in [-0.05, 0) is 96.4 Å². The molecule has 1 aliphatic rings. The van der Waals surface area contributed by atoms with Gasteiger partial charge in [-0.25, -0.2) is 9.78 Å². The number of halogens is 3. The summed E-state index contributed by atoms with van der Waals surface area (Å²) < 4.78 is 7.60. The van der Waals surface area contributed by atoms with Gasteiger partial charge in [0.2, 0.25) is 5.28 Å². The minimum absolute atomic E-state index is 0.0156. The summed E-state index contributed by atoms with van der Waals surface area (Å²) in [6.07, 6.45) is 0.549. The molecule has 1 fully saturated rings. The van der Waals surface area contributed by atoms with Crippen LogP contribution in [0.2, 0.25) is 5.28 Å². The van der Waals surface area contributed by atoms with Crippen molar-refractivity contribution in [3.8, 4) is 0 Å². The lowest BCUT2D eigenvalue weighted by Gasteiger charge is -2.33. The summed E-state index contributed by atoms with van der Waals surface area (Å²) in [4.78, 5) is 25.3. The van der Waals surface area contributed by atoms with E-state index in [-0.39, 0.29) is 23.5 Å². The summed E-state index contributed by atoms with van der Waals surface area (Å²) in [6, 6.07) is 4.08. The number of amides is 1. The van der Waals surface area contributed by atoms with E-state index in [0.29, 0.717) is 6.54 Å². The predicted octanol–water partition coefficient (Wildman–Crippen LogP) is 5.48. The Labute approximate surface area is 192 Å². The Balaban J connectivity index is 1.91. The normalized spacial score (nSPS) is 19.9. The molecular formula is C19H23BrClIN4O2. The number of carbonyl (C=O) groups excluding carboxylic acids is 1. The Morgan fingerprint density at radius 1 is 1.39 bits per heavy atom. The van der Waals surface area contributed by atoms with E-state index in [9.17, 15) is 4.79 Å². The number of hydrogen-bond donors (Lipinski definition) is 0. The number of fused-ring (bicyclic) bond motifs is 1. The molecule has 1 saturated heterocycles. The summed E-state index contributed by atoms with van der Waals surface area (Å²) in [7, 11) is 1.99. The molecule has 0 aliphatic carbocycles. The van der Waals surface area contributed by atoms with Crippen molar-refractivity contribution in [3.63, 3.8) is 0 Å². The van der Waals surface area contributed by atoms with Crippen molar-refractivity contribution in [2.24, 2.45) is 0 Å². The molecule has 1 unspecified atom stereocenters. The Bertz CT molecular complexity index is 921. The standard InChI is InChI=1S/C19H23BrClIN4O2/c1-10-15(6-7-26(10)18(27)28-19(2,3)4)25(5)16-11-8-13(22)12(20)9-14(11)23-17(21)24-16/h8-10,15H,6-7H2,1-5H3/t10-,15?/m1/s1. The van der Waals surface area contributed by atoms with Gasteiger partial charge in [-0.3, -0.25) is 0 Å². The molecule has 2 heterocycles. The van der Waals surface area contributed by atoms with Crippen LogP contribution in [0.1, 0.15) is 34.1 Å².